The molecule has 1 aromatic rings. The first-order valence-electron chi connectivity index (χ1n) is 16.2. The van der Waals surface area contributed by atoms with E-state index in [2.05, 4.69) is 12.2 Å². The van der Waals surface area contributed by atoms with Gasteiger partial charge in [0.05, 0.1) is 72.7 Å². The van der Waals surface area contributed by atoms with Crippen molar-refractivity contribution in [1.82, 2.24) is 0 Å². The lowest BCUT2D eigenvalue weighted by Crippen LogP contribution is -2.14. The van der Waals surface area contributed by atoms with Crippen LogP contribution < -0.4 is 10.1 Å². The molecule has 1 N–H and O–H groups in total. The summed E-state index contributed by atoms with van der Waals surface area (Å²) in [6, 6.07) is 7.22. The number of anilines is 1. The molecule has 244 valence electrons. The van der Waals surface area contributed by atoms with Crippen LogP contribution in [-0.2, 0) is 33.2 Å². The highest BCUT2D eigenvalue weighted by Gasteiger charge is 1.99. The van der Waals surface area contributed by atoms with Gasteiger partial charge in [0.2, 0.25) is 5.91 Å². The highest BCUT2D eigenvalue weighted by Crippen LogP contribution is 2.15. The zero-order valence-electron chi connectivity index (χ0n) is 26.5. The van der Waals surface area contributed by atoms with Gasteiger partial charge in [0.15, 0.2) is 0 Å². The van der Waals surface area contributed by atoms with Gasteiger partial charge in [-0.3, -0.25) is 4.79 Å². The van der Waals surface area contributed by atoms with Gasteiger partial charge in [-0.2, -0.15) is 0 Å². The van der Waals surface area contributed by atoms with E-state index in [1.54, 1.807) is 12.1 Å². The molecular weight excluding hydrogens is 538 g/mol. The predicted molar refractivity (Wildman–Crippen MR) is 168 cm³/mol. The van der Waals surface area contributed by atoms with Gasteiger partial charge in [-0.05, 0) is 30.7 Å². The standard InChI is InChI=1S/C33H59NO8/c1-3-4-5-6-7-8-9-10-11-12-13-18-36-19-20-37-21-22-38-23-24-39-25-26-40-27-28-41-29-30-42-33-16-14-32(15-17-33)34-31(2)35/h14-17H,3-13,18-30H2,1-2H3,(H,34,35). The van der Waals surface area contributed by atoms with E-state index < -0.39 is 0 Å². The topological polar surface area (TPSA) is 93.7 Å². The molecule has 0 heterocycles. The lowest BCUT2D eigenvalue weighted by molar-refractivity contribution is -0.114. The fraction of sp³-hybridized carbons (Fsp3) is 0.788. The van der Waals surface area contributed by atoms with Crippen LogP contribution in [0.2, 0.25) is 0 Å². The van der Waals surface area contributed by atoms with Gasteiger partial charge in [0.25, 0.3) is 0 Å². The third-order valence-corrected chi connectivity index (χ3v) is 6.42. The van der Waals surface area contributed by atoms with E-state index in [1.807, 2.05) is 12.1 Å². The summed E-state index contributed by atoms with van der Waals surface area (Å²) >= 11 is 0. The van der Waals surface area contributed by atoms with E-state index in [4.69, 9.17) is 33.2 Å². The summed E-state index contributed by atoms with van der Waals surface area (Å²) in [5.41, 5.74) is 0.742. The Labute approximate surface area is 255 Å². The quantitative estimate of drug-likeness (QED) is 0.0950. The highest BCUT2D eigenvalue weighted by molar-refractivity contribution is 5.88. The Morgan fingerprint density at radius 2 is 0.857 bits per heavy atom. The van der Waals surface area contributed by atoms with Crippen LogP contribution in [0.3, 0.4) is 0 Å². The van der Waals surface area contributed by atoms with Crippen LogP contribution >= 0.6 is 0 Å². The van der Waals surface area contributed by atoms with Crippen molar-refractivity contribution in [3.05, 3.63) is 24.3 Å². The number of ether oxygens (including phenoxy) is 7. The number of amides is 1. The zero-order valence-corrected chi connectivity index (χ0v) is 26.5. The summed E-state index contributed by atoms with van der Waals surface area (Å²) < 4.78 is 38.8. The second-order valence-corrected chi connectivity index (χ2v) is 10.3. The number of unbranched alkanes of at least 4 members (excludes halogenated alkanes) is 10. The molecule has 0 saturated heterocycles. The van der Waals surface area contributed by atoms with Crippen molar-refractivity contribution in [1.29, 1.82) is 0 Å². The van der Waals surface area contributed by atoms with Crippen LogP contribution in [0.5, 0.6) is 5.75 Å². The third kappa shape index (κ3) is 27.1. The van der Waals surface area contributed by atoms with E-state index in [1.165, 1.54) is 71.1 Å². The van der Waals surface area contributed by atoms with Crippen LogP contribution in [0.1, 0.15) is 84.5 Å². The molecular formula is C33H59NO8. The molecule has 0 aliphatic heterocycles. The third-order valence-electron chi connectivity index (χ3n) is 6.42. The number of carbonyl (C=O) groups excluding carboxylic acids is 1. The molecule has 1 rings (SSSR count). The van der Waals surface area contributed by atoms with E-state index in [0.29, 0.717) is 79.3 Å². The fourth-order valence-corrected chi connectivity index (χ4v) is 4.13. The van der Waals surface area contributed by atoms with Gasteiger partial charge >= 0.3 is 0 Å². The van der Waals surface area contributed by atoms with Gasteiger partial charge in [-0.15, -0.1) is 0 Å². The lowest BCUT2D eigenvalue weighted by Gasteiger charge is -2.09. The first-order valence-corrected chi connectivity index (χ1v) is 16.2. The van der Waals surface area contributed by atoms with Gasteiger partial charge in [-0.1, -0.05) is 71.1 Å². The second kappa shape index (κ2) is 30.7. The molecule has 0 aromatic heterocycles. The van der Waals surface area contributed by atoms with Crippen molar-refractivity contribution < 1.29 is 38.0 Å². The average Bonchev–Trinajstić information content (AvgIpc) is 2.98. The summed E-state index contributed by atoms with van der Waals surface area (Å²) in [5, 5.41) is 2.72. The molecule has 9 heteroatoms. The largest absolute Gasteiger partial charge is 0.491 e. The van der Waals surface area contributed by atoms with Crippen LogP contribution in [-0.4, -0.2) is 91.8 Å². The maximum atomic E-state index is 11.0. The molecule has 0 bridgehead atoms. The van der Waals surface area contributed by atoms with Crippen LogP contribution in [0.25, 0.3) is 0 Å². The molecule has 1 aromatic carbocycles. The summed E-state index contributed by atoms with van der Waals surface area (Å²) in [5.74, 6) is 0.630. The first kappa shape index (κ1) is 38.3. The van der Waals surface area contributed by atoms with Crippen molar-refractivity contribution in [2.24, 2.45) is 0 Å². The number of hydrogen-bond donors (Lipinski definition) is 1. The molecule has 0 aliphatic rings. The van der Waals surface area contributed by atoms with Gasteiger partial charge < -0.3 is 38.5 Å². The summed E-state index contributed by atoms with van der Waals surface area (Å²) in [6.45, 7) is 11.0. The minimum absolute atomic E-state index is 0.0991. The van der Waals surface area contributed by atoms with Gasteiger partial charge in [0.1, 0.15) is 12.4 Å². The van der Waals surface area contributed by atoms with Crippen molar-refractivity contribution in [2.75, 3.05) is 91.2 Å². The van der Waals surface area contributed by atoms with Crippen LogP contribution in [0.15, 0.2) is 24.3 Å². The minimum atomic E-state index is -0.0991. The minimum Gasteiger partial charge on any atom is -0.491 e. The number of hydrogen-bond acceptors (Lipinski definition) is 8. The predicted octanol–water partition coefficient (Wildman–Crippen LogP) is 6.43. The Morgan fingerprint density at radius 3 is 1.26 bits per heavy atom. The van der Waals surface area contributed by atoms with Crippen molar-refractivity contribution in [3.63, 3.8) is 0 Å². The Balaban J connectivity index is 1.68. The van der Waals surface area contributed by atoms with Gasteiger partial charge in [0, 0.05) is 19.2 Å². The Kier molecular flexibility index (Phi) is 28.0. The van der Waals surface area contributed by atoms with Crippen molar-refractivity contribution >= 4 is 11.6 Å². The number of carbonyl (C=O) groups is 1. The van der Waals surface area contributed by atoms with Crippen LogP contribution in [0.4, 0.5) is 5.69 Å². The maximum absolute atomic E-state index is 11.0. The molecule has 0 atom stereocenters. The lowest BCUT2D eigenvalue weighted by atomic mass is 10.1. The molecule has 0 aliphatic carbocycles. The SMILES string of the molecule is CCCCCCCCCCCCCOCCOCCOCCOCCOCCOCCOc1ccc(NC(C)=O)cc1. The van der Waals surface area contributed by atoms with E-state index in [-0.39, 0.29) is 5.91 Å². The normalized spacial score (nSPS) is 11.2. The first-order chi connectivity index (χ1) is 20.7. The van der Waals surface area contributed by atoms with Gasteiger partial charge in [-0.25, -0.2) is 0 Å². The number of nitrogens with one attached hydrogen (secondary N) is 1. The number of benzene rings is 1. The summed E-state index contributed by atoms with van der Waals surface area (Å²) in [7, 11) is 0. The molecule has 42 heavy (non-hydrogen) atoms. The van der Waals surface area contributed by atoms with Crippen molar-refractivity contribution in [2.45, 2.75) is 84.5 Å². The van der Waals surface area contributed by atoms with E-state index in [0.717, 1.165) is 24.5 Å². The second-order valence-electron chi connectivity index (χ2n) is 10.3. The maximum Gasteiger partial charge on any atom is 0.221 e. The molecule has 0 radical (unpaired) electrons. The highest BCUT2D eigenvalue weighted by atomic mass is 16.6. The fourth-order valence-electron chi connectivity index (χ4n) is 4.13. The Bertz CT molecular complexity index is 704. The molecule has 1 amide bonds. The Hall–Kier alpha value is -1.75. The Morgan fingerprint density at radius 1 is 0.500 bits per heavy atom. The number of rotatable bonds is 32. The average molecular weight is 598 g/mol. The van der Waals surface area contributed by atoms with E-state index in [9.17, 15) is 4.79 Å². The smallest absolute Gasteiger partial charge is 0.221 e. The summed E-state index contributed by atoms with van der Waals surface area (Å²) in [6.07, 6.45) is 14.9. The monoisotopic (exact) mass is 597 g/mol. The van der Waals surface area contributed by atoms with Crippen LogP contribution in [0, 0.1) is 0 Å². The van der Waals surface area contributed by atoms with Crippen molar-refractivity contribution in [3.8, 4) is 5.75 Å². The van der Waals surface area contributed by atoms with E-state index >= 15 is 0 Å². The molecule has 0 saturated carbocycles. The molecule has 9 nitrogen and oxygen atoms in total. The summed E-state index contributed by atoms with van der Waals surface area (Å²) in [4.78, 5) is 11.0. The zero-order chi connectivity index (χ0) is 30.2. The molecule has 0 fully saturated rings. The molecule has 0 spiro atoms. The molecule has 0 unspecified atom stereocenters.